The van der Waals surface area contributed by atoms with Gasteiger partial charge >= 0.3 is 0 Å². The molecule has 0 bridgehead atoms. The van der Waals surface area contributed by atoms with E-state index in [-0.39, 0.29) is 5.56 Å². The van der Waals surface area contributed by atoms with Crippen LogP contribution in [0, 0.1) is 25.5 Å². The smallest absolute Gasteiger partial charge is 0.206 e. The normalized spacial score (nSPS) is 13.9. The fraction of sp³-hybridized carbons (Fsp3) is 0.346. The van der Waals surface area contributed by atoms with E-state index >= 15 is 4.39 Å². The second-order valence-electron chi connectivity index (χ2n) is 8.95. The summed E-state index contributed by atoms with van der Waals surface area (Å²) in [4.78, 5) is 0. The molecule has 0 fully saturated rings. The monoisotopic (exact) mass is 409 g/mol. The summed E-state index contributed by atoms with van der Waals surface area (Å²) in [6.45, 7) is 8.57. The zero-order chi connectivity index (χ0) is 23.8. The Morgan fingerprint density at radius 2 is 1.79 bits per heavy atom. The highest BCUT2D eigenvalue weighted by molar-refractivity contribution is 7.00. The van der Waals surface area contributed by atoms with E-state index in [1.807, 2.05) is 17.7 Å². The lowest BCUT2D eigenvalue weighted by Gasteiger charge is -2.26. The molecule has 2 aromatic carbocycles. The van der Waals surface area contributed by atoms with Gasteiger partial charge in [0.1, 0.15) is 20.9 Å². The summed E-state index contributed by atoms with van der Waals surface area (Å²) in [6.07, 6.45) is 3.07. The van der Waals surface area contributed by atoms with Crippen molar-refractivity contribution in [2.24, 2.45) is 13.0 Å². The number of benzene rings is 2. The van der Waals surface area contributed by atoms with Crippen LogP contribution in [0.2, 0.25) is 13.1 Å². The number of aromatic nitrogens is 1. The molecule has 0 spiro atoms. The largest absolute Gasteiger partial charge is 0.215 e. The first-order chi connectivity index (χ1) is 14.8. The molecule has 29 heavy (non-hydrogen) atoms. The van der Waals surface area contributed by atoms with Crippen LogP contribution in [0.4, 0.5) is 4.39 Å². The van der Waals surface area contributed by atoms with Gasteiger partial charge in [-0.15, -0.1) is 0 Å². The minimum atomic E-state index is -2.33. The molecule has 0 atom stereocenters. The Morgan fingerprint density at radius 3 is 2.38 bits per heavy atom. The number of hydrogen-bond acceptors (Lipinski definition) is 0. The van der Waals surface area contributed by atoms with Crippen molar-refractivity contribution in [3.8, 4) is 11.3 Å². The van der Waals surface area contributed by atoms with Crippen LogP contribution in [0.3, 0.4) is 0 Å². The summed E-state index contributed by atoms with van der Waals surface area (Å²) < 4.78 is 40.2. The van der Waals surface area contributed by atoms with Gasteiger partial charge in [0, 0.05) is 15.4 Å². The zero-order valence-electron chi connectivity index (χ0n) is 21.3. The summed E-state index contributed by atoms with van der Waals surface area (Å²) >= 11 is 0. The van der Waals surface area contributed by atoms with Crippen molar-refractivity contribution in [2.45, 2.75) is 47.1 Å². The first kappa shape index (κ1) is 17.6. The first-order valence-electron chi connectivity index (χ1n) is 11.7. The molecular weight excluding hydrogens is 373 g/mol. The number of hydrogen-bond donors (Lipinski definition) is 0. The van der Waals surface area contributed by atoms with Crippen molar-refractivity contribution < 1.29 is 13.1 Å². The summed E-state index contributed by atoms with van der Waals surface area (Å²) in [5.74, 6) is -0.0340. The summed E-state index contributed by atoms with van der Waals surface area (Å²) in [7, 11) is -0.0237. The summed E-state index contributed by atoms with van der Waals surface area (Å²) in [5.41, 5.74) is 3.16. The topological polar surface area (TPSA) is 3.88 Å². The second kappa shape index (κ2) is 8.23. The molecule has 0 unspecified atom stereocenters. The Morgan fingerprint density at radius 1 is 1.10 bits per heavy atom. The van der Waals surface area contributed by atoms with E-state index in [1.165, 1.54) is 15.9 Å². The third-order valence-corrected chi connectivity index (χ3v) is 9.27. The van der Waals surface area contributed by atoms with Crippen LogP contribution in [0.15, 0.2) is 54.7 Å². The Hall–Kier alpha value is -2.26. The van der Waals surface area contributed by atoms with Gasteiger partial charge in [-0.25, -0.2) is 8.96 Å². The van der Waals surface area contributed by atoms with E-state index in [0.29, 0.717) is 17.0 Å². The number of pyridine rings is 1. The van der Waals surface area contributed by atoms with Crippen molar-refractivity contribution in [1.82, 2.24) is 0 Å². The molecule has 3 heteroatoms. The average Bonchev–Trinajstić information content (AvgIpc) is 2.69. The van der Waals surface area contributed by atoms with Crippen LogP contribution in [0.5, 0.6) is 0 Å². The van der Waals surface area contributed by atoms with Crippen LogP contribution in [-0.2, 0) is 13.5 Å². The molecule has 1 nitrogen and oxygen atoms in total. The first-order valence-corrected chi connectivity index (χ1v) is 13.2. The van der Waals surface area contributed by atoms with Crippen LogP contribution in [0.25, 0.3) is 11.3 Å². The lowest BCUT2D eigenvalue weighted by molar-refractivity contribution is -0.659. The van der Waals surface area contributed by atoms with E-state index in [0.717, 1.165) is 18.2 Å². The molecule has 3 aromatic rings. The average molecular weight is 410 g/mol. The van der Waals surface area contributed by atoms with Gasteiger partial charge < -0.3 is 0 Å². The highest BCUT2D eigenvalue weighted by Gasteiger charge is 2.32. The Balaban J connectivity index is 2.23. The van der Waals surface area contributed by atoms with Gasteiger partial charge in [-0.3, -0.25) is 0 Å². The van der Waals surface area contributed by atoms with Crippen LogP contribution < -0.4 is 14.9 Å². The van der Waals surface area contributed by atoms with Gasteiger partial charge in [0.25, 0.3) is 0 Å². The maximum atomic E-state index is 15.2. The van der Waals surface area contributed by atoms with Gasteiger partial charge in [-0.1, -0.05) is 68.5 Å². The lowest BCUT2D eigenvalue weighted by atomic mass is 9.97. The summed E-state index contributed by atoms with van der Waals surface area (Å²) in [6, 6.07) is 15.5. The molecule has 0 saturated carbocycles. The molecule has 1 heterocycles. The van der Waals surface area contributed by atoms with E-state index in [9.17, 15) is 0 Å². The van der Waals surface area contributed by atoms with Crippen LogP contribution in [0.1, 0.15) is 34.7 Å². The lowest BCUT2D eigenvalue weighted by Crippen LogP contribution is -2.57. The van der Waals surface area contributed by atoms with Crippen molar-refractivity contribution in [1.29, 1.82) is 0 Å². The molecule has 1 aromatic heterocycles. The van der Waals surface area contributed by atoms with E-state index in [1.54, 1.807) is 13.0 Å². The molecule has 152 valence electrons. The van der Waals surface area contributed by atoms with Gasteiger partial charge in [0.05, 0.1) is 5.56 Å². The molecule has 0 aliphatic rings. The number of aryl methyl sites for hydroxylation is 3. The molecule has 0 amide bonds. The number of nitrogens with zero attached hydrogens (tertiary/aromatic N) is 1. The zero-order valence-corrected chi connectivity index (χ0v) is 19.3. The van der Waals surface area contributed by atoms with Gasteiger partial charge in [-0.05, 0) is 48.9 Å². The Kier molecular flexibility index (Phi) is 4.99. The Labute approximate surface area is 180 Å². The van der Waals surface area contributed by atoms with Crippen molar-refractivity contribution >= 4 is 18.4 Å². The number of halogens is 1. The second-order valence-corrected chi connectivity index (χ2v) is 13.3. The predicted molar refractivity (Wildman–Crippen MR) is 124 cm³/mol. The molecule has 0 aliphatic carbocycles. The van der Waals surface area contributed by atoms with Gasteiger partial charge in [-0.2, -0.15) is 0 Å². The molecule has 0 saturated heterocycles. The molecule has 0 aliphatic heterocycles. The van der Waals surface area contributed by atoms with Crippen molar-refractivity contribution in [2.75, 3.05) is 0 Å². The molecule has 3 rings (SSSR count). The minimum Gasteiger partial charge on any atom is -0.206 e. The Bertz CT molecular complexity index is 1100. The van der Waals surface area contributed by atoms with Gasteiger partial charge in [0.15, 0.2) is 6.20 Å². The predicted octanol–water partition coefficient (Wildman–Crippen LogP) is 4.96. The molecule has 0 radical (unpaired) electrons. The summed E-state index contributed by atoms with van der Waals surface area (Å²) in [5, 5.41) is 2.71. The highest BCUT2D eigenvalue weighted by atomic mass is 28.3. The van der Waals surface area contributed by atoms with Crippen molar-refractivity contribution in [3.05, 3.63) is 77.2 Å². The van der Waals surface area contributed by atoms with E-state index in [4.69, 9.17) is 4.11 Å². The fourth-order valence-electron chi connectivity index (χ4n) is 4.19. The molecule has 0 N–H and O–H groups in total. The third-order valence-electron chi connectivity index (χ3n) is 5.70. The minimum absolute atomic E-state index is 0.0375. The van der Waals surface area contributed by atoms with Crippen molar-refractivity contribution in [3.63, 3.8) is 0 Å². The maximum Gasteiger partial charge on any atom is 0.215 e. The highest BCUT2D eigenvalue weighted by Crippen LogP contribution is 2.26. The van der Waals surface area contributed by atoms with E-state index in [2.05, 4.69) is 63.5 Å². The van der Waals surface area contributed by atoms with Gasteiger partial charge in [0.2, 0.25) is 5.69 Å². The quantitative estimate of drug-likeness (QED) is 0.414. The fourth-order valence-corrected chi connectivity index (χ4v) is 7.02. The third kappa shape index (κ3) is 4.35. The van der Waals surface area contributed by atoms with Crippen LogP contribution >= 0.6 is 0 Å². The SMILES string of the molecule is [2H]C([2H])([2H])c1cc(C)c(-c2cc(CC(C)C)c([Si](C)(C)c3ccccc3)c[n+]2C)c(F)c1. The molecular formula is C26H33FNSi+. The van der Waals surface area contributed by atoms with E-state index < -0.39 is 20.7 Å². The standard InChI is InChI=1S/C26H33FNSi/c1-18(2)13-21-16-24(26-20(4)14-19(3)15-23(26)27)28(5)17-25(21)29(6,7)22-11-9-8-10-12-22/h8-12,14-18H,13H2,1-7H3/q+1/i3D3. The number of rotatable bonds is 5. The maximum absolute atomic E-state index is 15.2. The van der Waals surface area contributed by atoms with Crippen LogP contribution in [-0.4, -0.2) is 8.07 Å².